The molecule has 130 valence electrons. The first kappa shape index (κ1) is 19.2. The third-order valence-electron chi connectivity index (χ3n) is 3.89. The first-order chi connectivity index (χ1) is 10.3. The molecule has 5 nitrogen and oxygen atoms in total. The molecule has 0 heterocycles. The van der Waals surface area contributed by atoms with E-state index in [-0.39, 0.29) is 24.3 Å². The van der Waals surface area contributed by atoms with Gasteiger partial charge in [0.05, 0.1) is 18.2 Å². The summed E-state index contributed by atoms with van der Waals surface area (Å²) in [6.45, 7) is 13.7. The molecule has 0 spiro atoms. The zero-order chi connectivity index (χ0) is 16.8. The average molecular weight is 314 g/mol. The van der Waals surface area contributed by atoms with Gasteiger partial charge in [0.15, 0.2) is 0 Å². The van der Waals surface area contributed by atoms with Crippen molar-refractivity contribution in [2.24, 2.45) is 5.92 Å². The molecule has 1 rings (SSSR count). The van der Waals surface area contributed by atoms with Gasteiger partial charge in [-0.25, -0.2) is 4.79 Å². The molecule has 1 aliphatic carbocycles. The summed E-state index contributed by atoms with van der Waals surface area (Å²) in [5.41, 5.74) is -0.467. The van der Waals surface area contributed by atoms with Gasteiger partial charge < -0.3 is 20.1 Å². The highest BCUT2D eigenvalue weighted by Crippen LogP contribution is 2.25. The second kappa shape index (κ2) is 8.73. The van der Waals surface area contributed by atoms with Crippen LogP contribution in [0.1, 0.15) is 60.8 Å². The first-order valence-corrected chi connectivity index (χ1v) is 8.61. The van der Waals surface area contributed by atoms with Crippen LogP contribution in [0.15, 0.2) is 0 Å². The van der Waals surface area contributed by atoms with Crippen molar-refractivity contribution in [3.8, 4) is 0 Å². The van der Waals surface area contributed by atoms with Crippen molar-refractivity contribution in [3.05, 3.63) is 0 Å². The Labute approximate surface area is 135 Å². The maximum atomic E-state index is 11.9. The van der Waals surface area contributed by atoms with Gasteiger partial charge in [0.25, 0.3) is 0 Å². The molecular weight excluding hydrogens is 280 g/mol. The van der Waals surface area contributed by atoms with Crippen molar-refractivity contribution in [3.63, 3.8) is 0 Å². The van der Waals surface area contributed by atoms with Gasteiger partial charge in [-0.3, -0.25) is 0 Å². The van der Waals surface area contributed by atoms with E-state index in [1.54, 1.807) is 0 Å². The Hall–Kier alpha value is -0.810. The monoisotopic (exact) mass is 314 g/mol. The molecule has 0 aromatic rings. The largest absolute Gasteiger partial charge is 0.444 e. The number of ether oxygens (including phenoxy) is 2. The molecule has 4 unspecified atom stereocenters. The zero-order valence-corrected chi connectivity index (χ0v) is 15.1. The van der Waals surface area contributed by atoms with Crippen molar-refractivity contribution in [2.45, 2.75) is 84.6 Å². The topological polar surface area (TPSA) is 59.6 Å². The molecule has 2 N–H and O–H groups in total. The number of amides is 1. The van der Waals surface area contributed by atoms with Gasteiger partial charge in [0.1, 0.15) is 5.60 Å². The van der Waals surface area contributed by atoms with Crippen molar-refractivity contribution in [1.29, 1.82) is 0 Å². The van der Waals surface area contributed by atoms with E-state index in [9.17, 15) is 4.79 Å². The van der Waals surface area contributed by atoms with E-state index in [0.29, 0.717) is 12.5 Å². The lowest BCUT2D eigenvalue weighted by molar-refractivity contribution is -0.0440. The van der Waals surface area contributed by atoms with Gasteiger partial charge in [-0.1, -0.05) is 20.3 Å². The molecule has 0 aromatic heterocycles. The summed E-state index contributed by atoms with van der Waals surface area (Å²) < 4.78 is 11.1. The predicted octanol–water partition coefficient (Wildman–Crippen LogP) is 3.08. The highest BCUT2D eigenvalue weighted by molar-refractivity contribution is 5.68. The highest BCUT2D eigenvalue weighted by Gasteiger charge is 2.42. The average Bonchev–Trinajstić information content (AvgIpc) is 2.35. The number of hydrogen-bond acceptors (Lipinski definition) is 4. The standard InChI is InChI=1S/C17H34N2O3/c1-7-9-12(3)11-18-15-13(10-14(15)21-8-2)19-16(20)22-17(4,5)6/h12-15,18H,7-11H2,1-6H3,(H,19,20). The van der Waals surface area contributed by atoms with E-state index < -0.39 is 5.60 Å². The number of rotatable bonds is 8. The Morgan fingerprint density at radius 2 is 2.00 bits per heavy atom. The zero-order valence-electron chi connectivity index (χ0n) is 15.1. The fraction of sp³-hybridized carbons (Fsp3) is 0.941. The lowest BCUT2D eigenvalue weighted by atomic mass is 9.82. The van der Waals surface area contributed by atoms with Gasteiger partial charge in [-0.15, -0.1) is 0 Å². The number of carbonyl (C=O) groups excluding carboxylic acids is 1. The molecule has 0 saturated heterocycles. The van der Waals surface area contributed by atoms with Gasteiger partial charge in [0, 0.05) is 6.61 Å². The van der Waals surface area contributed by atoms with Crippen LogP contribution in [0.25, 0.3) is 0 Å². The van der Waals surface area contributed by atoms with E-state index >= 15 is 0 Å². The minimum Gasteiger partial charge on any atom is -0.444 e. The molecule has 4 atom stereocenters. The summed E-state index contributed by atoms with van der Waals surface area (Å²) in [7, 11) is 0. The van der Waals surface area contributed by atoms with Crippen LogP contribution < -0.4 is 10.6 Å². The van der Waals surface area contributed by atoms with Crippen LogP contribution in [-0.4, -0.2) is 43.0 Å². The summed E-state index contributed by atoms with van der Waals surface area (Å²) in [5, 5.41) is 6.53. The number of alkyl carbamates (subject to hydrolysis) is 1. The maximum absolute atomic E-state index is 11.9. The molecule has 0 radical (unpaired) electrons. The Bertz CT molecular complexity index is 341. The summed E-state index contributed by atoms with van der Waals surface area (Å²) >= 11 is 0. The van der Waals surface area contributed by atoms with Gasteiger partial charge in [-0.05, 0) is 53.0 Å². The maximum Gasteiger partial charge on any atom is 0.407 e. The van der Waals surface area contributed by atoms with Crippen molar-refractivity contribution in [2.75, 3.05) is 13.2 Å². The van der Waals surface area contributed by atoms with Crippen molar-refractivity contribution >= 4 is 6.09 Å². The normalized spacial score (nSPS) is 26.2. The lowest BCUT2D eigenvalue weighted by Gasteiger charge is -2.45. The minimum atomic E-state index is -0.467. The number of nitrogens with one attached hydrogen (secondary N) is 2. The van der Waals surface area contributed by atoms with E-state index in [1.165, 1.54) is 12.8 Å². The predicted molar refractivity (Wildman–Crippen MR) is 89.1 cm³/mol. The third-order valence-corrected chi connectivity index (χ3v) is 3.89. The molecule has 1 amide bonds. The fourth-order valence-electron chi connectivity index (χ4n) is 2.81. The van der Waals surface area contributed by atoms with Crippen LogP contribution in [-0.2, 0) is 9.47 Å². The molecule has 1 saturated carbocycles. The molecule has 0 bridgehead atoms. The molecule has 0 aliphatic heterocycles. The van der Waals surface area contributed by atoms with E-state index in [4.69, 9.17) is 9.47 Å². The van der Waals surface area contributed by atoms with Gasteiger partial charge in [0.2, 0.25) is 0 Å². The third kappa shape index (κ3) is 6.53. The molecule has 22 heavy (non-hydrogen) atoms. The summed E-state index contributed by atoms with van der Waals surface area (Å²) in [5.74, 6) is 0.634. The molecule has 0 aromatic carbocycles. The summed E-state index contributed by atoms with van der Waals surface area (Å²) in [4.78, 5) is 11.9. The second-order valence-electron chi connectivity index (χ2n) is 7.31. The van der Waals surface area contributed by atoms with E-state index in [0.717, 1.165) is 13.0 Å². The van der Waals surface area contributed by atoms with Gasteiger partial charge >= 0.3 is 6.09 Å². The molecule has 1 aliphatic rings. The smallest absolute Gasteiger partial charge is 0.407 e. The van der Waals surface area contributed by atoms with Crippen LogP contribution in [0, 0.1) is 5.92 Å². The second-order valence-corrected chi connectivity index (χ2v) is 7.31. The highest BCUT2D eigenvalue weighted by atomic mass is 16.6. The molecular formula is C17H34N2O3. The van der Waals surface area contributed by atoms with Crippen molar-refractivity contribution in [1.82, 2.24) is 10.6 Å². The molecule has 1 fully saturated rings. The van der Waals surface area contributed by atoms with Crippen molar-refractivity contribution < 1.29 is 14.3 Å². The summed E-state index contributed by atoms with van der Waals surface area (Å²) in [6.07, 6.45) is 3.08. The first-order valence-electron chi connectivity index (χ1n) is 8.61. The van der Waals surface area contributed by atoms with Crippen LogP contribution in [0.3, 0.4) is 0 Å². The fourth-order valence-corrected chi connectivity index (χ4v) is 2.81. The Balaban J connectivity index is 2.46. The van der Waals surface area contributed by atoms with Crippen LogP contribution in [0.4, 0.5) is 4.79 Å². The molecule has 5 heteroatoms. The SMILES string of the molecule is CCCC(C)CNC1C(NC(=O)OC(C)(C)C)CC1OCC. The van der Waals surface area contributed by atoms with Gasteiger partial charge in [-0.2, -0.15) is 0 Å². The van der Waals surface area contributed by atoms with Crippen LogP contribution >= 0.6 is 0 Å². The Morgan fingerprint density at radius 1 is 1.32 bits per heavy atom. The Morgan fingerprint density at radius 3 is 2.55 bits per heavy atom. The number of hydrogen-bond donors (Lipinski definition) is 2. The summed E-state index contributed by atoms with van der Waals surface area (Å²) in [6, 6.07) is 0.256. The lowest BCUT2D eigenvalue weighted by Crippen LogP contribution is -2.66. The van der Waals surface area contributed by atoms with E-state index in [1.807, 2.05) is 27.7 Å². The Kier molecular flexibility index (Phi) is 7.63. The van der Waals surface area contributed by atoms with Crippen LogP contribution in [0.2, 0.25) is 0 Å². The quantitative estimate of drug-likeness (QED) is 0.723. The number of carbonyl (C=O) groups is 1. The van der Waals surface area contributed by atoms with Crippen LogP contribution in [0.5, 0.6) is 0 Å². The van der Waals surface area contributed by atoms with E-state index in [2.05, 4.69) is 24.5 Å². The minimum absolute atomic E-state index is 0.0835.